The lowest BCUT2D eigenvalue weighted by Gasteiger charge is -2.09. The van der Waals surface area contributed by atoms with Crippen molar-refractivity contribution in [3.05, 3.63) is 101 Å². The van der Waals surface area contributed by atoms with E-state index in [0.29, 0.717) is 24.7 Å². The molecule has 0 atom stereocenters. The molecule has 2 heterocycles. The van der Waals surface area contributed by atoms with Crippen LogP contribution in [0.5, 0.6) is 11.5 Å². The summed E-state index contributed by atoms with van der Waals surface area (Å²) in [5.74, 6) is 1.28. The van der Waals surface area contributed by atoms with E-state index in [1.165, 1.54) is 0 Å². The number of rotatable bonds is 10. The Bertz CT molecular complexity index is 1620. The molecular formula is C30H29N5O3S. The van der Waals surface area contributed by atoms with Crippen LogP contribution >= 0.6 is 11.3 Å². The molecule has 0 unspecified atom stereocenters. The van der Waals surface area contributed by atoms with Crippen LogP contribution in [0.4, 0.5) is 0 Å². The van der Waals surface area contributed by atoms with Crippen LogP contribution in [0.15, 0.2) is 101 Å². The molecule has 0 bridgehead atoms. The first-order valence-corrected chi connectivity index (χ1v) is 13.3. The predicted octanol–water partition coefficient (Wildman–Crippen LogP) is 5.52. The van der Waals surface area contributed by atoms with E-state index in [9.17, 15) is 0 Å². The van der Waals surface area contributed by atoms with Crippen LogP contribution in [0.2, 0.25) is 0 Å². The van der Waals surface area contributed by atoms with Gasteiger partial charge >= 0.3 is 0 Å². The van der Waals surface area contributed by atoms with Crippen LogP contribution in [0, 0.1) is 0 Å². The van der Waals surface area contributed by atoms with Gasteiger partial charge in [0.15, 0.2) is 11.5 Å². The third-order valence-corrected chi connectivity index (χ3v) is 6.88. The molecule has 5 aromatic rings. The van der Waals surface area contributed by atoms with Crippen LogP contribution < -0.4 is 14.3 Å². The third-order valence-electron chi connectivity index (χ3n) is 6.03. The minimum absolute atomic E-state index is 0.537. The zero-order valence-corrected chi connectivity index (χ0v) is 22.8. The average Bonchev–Trinajstić information content (AvgIpc) is 3.61. The number of benzene rings is 3. The highest BCUT2D eigenvalue weighted by molar-refractivity contribution is 7.07. The van der Waals surface area contributed by atoms with Crippen molar-refractivity contribution in [1.82, 2.24) is 14.5 Å². The van der Waals surface area contributed by atoms with Gasteiger partial charge in [-0.2, -0.15) is 10.2 Å². The number of aromatic nitrogens is 3. The fraction of sp³-hybridized carbons (Fsp3) is 0.167. The number of ether oxygens (including phenoxy) is 3. The van der Waals surface area contributed by atoms with Gasteiger partial charge in [0.05, 0.1) is 45.0 Å². The standard InChI is InChI=1S/C30H29N5O3S/c1-36-17-16-31-30-35(26(21-39-30)22-10-6-4-7-11-22)32-19-24-20-34(25-12-8-5-9-13-25)33-29(24)23-14-15-27(37-2)28(18-23)38-3/h4-15,18-21H,16-17H2,1-3H3. The van der Waals surface area contributed by atoms with Crippen LogP contribution in [-0.4, -0.2) is 55.2 Å². The molecule has 2 aromatic heterocycles. The van der Waals surface area contributed by atoms with Crippen LogP contribution in [0.1, 0.15) is 5.56 Å². The number of hydrogen-bond acceptors (Lipinski definition) is 7. The van der Waals surface area contributed by atoms with Gasteiger partial charge in [-0.1, -0.05) is 48.5 Å². The summed E-state index contributed by atoms with van der Waals surface area (Å²) in [4.78, 5) is 5.50. The second-order valence-electron chi connectivity index (χ2n) is 8.48. The van der Waals surface area contributed by atoms with Gasteiger partial charge in [-0.15, -0.1) is 11.3 Å². The van der Waals surface area contributed by atoms with Crippen LogP contribution in [0.3, 0.4) is 0 Å². The van der Waals surface area contributed by atoms with Crippen molar-refractivity contribution in [2.45, 2.75) is 0 Å². The number of thiazole rings is 1. The van der Waals surface area contributed by atoms with Gasteiger partial charge in [-0.3, -0.25) is 4.99 Å². The van der Waals surface area contributed by atoms with Crippen molar-refractivity contribution >= 4 is 17.6 Å². The van der Waals surface area contributed by atoms with Crippen molar-refractivity contribution in [2.75, 3.05) is 34.5 Å². The molecular weight excluding hydrogens is 510 g/mol. The second kappa shape index (κ2) is 12.4. The Morgan fingerprint density at radius 3 is 2.33 bits per heavy atom. The van der Waals surface area contributed by atoms with Crippen LogP contribution in [-0.2, 0) is 4.74 Å². The molecule has 0 aliphatic rings. The lowest BCUT2D eigenvalue weighted by atomic mass is 10.1. The molecule has 0 aliphatic carbocycles. The van der Waals surface area contributed by atoms with Gasteiger partial charge < -0.3 is 14.2 Å². The summed E-state index contributed by atoms with van der Waals surface area (Å²) in [7, 11) is 4.92. The maximum Gasteiger partial charge on any atom is 0.206 e. The van der Waals surface area contributed by atoms with E-state index in [-0.39, 0.29) is 0 Å². The van der Waals surface area contributed by atoms with Crippen molar-refractivity contribution in [3.63, 3.8) is 0 Å². The predicted molar refractivity (Wildman–Crippen MR) is 155 cm³/mol. The lowest BCUT2D eigenvalue weighted by Crippen LogP contribution is -2.13. The molecule has 5 rings (SSSR count). The van der Waals surface area contributed by atoms with E-state index in [1.54, 1.807) is 32.7 Å². The zero-order chi connectivity index (χ0) is 27.0. The molecule has 0 fully saturated rings. The normalized spacial score (nSPS) is 11.8. The highest BCUT2D eigenvalue weighted by Crippen LogP contribution is 2.33. The second-order valence-corrected chi connectivity index (χ2v) is 9.32. The summed E-state index contributed by atoms with van der Waals surface area (Å²) in [5.41, 5.74) is 5.44. The highest BCUT2D eigenvalue weighted by Gasteiger charge is 2.15. The first-order valence-electron chi connectivity index (χ1n) is 12.4. The van der Waals surface area contributed by atoms with E-state index in [2.05, 4.69) is 17.5 Å². The molecule has 8 nitrogen and oxygen atoms in total. The Kier molecular flexibility index (Phi) is 8.30. The molecule has 0 spiro atoms. The quantitative estimate of drug-likeness (QED) is 0.173. The smallest absolute Gasteiger partial charge is 0.206 e. The van der Waals surface area contributed by atoms with E-state index in [4.69, 9.17) is 29.4 Å². The largest absolute Gasteiger partial charge is 0.493 e. The Morgan fingerprint density at radius 2 is 1.62 bits per heavy atom. The van der Waals surface area contributed by atoms with Crippen LogP contribution in [0.25, 0.3) is 28.2 Å². The summed E-state index contributed by atoms with van der Waals surface area (Å²) in [6.07, 6.45) is 3.80. The molecule has 39 heavy (non-hydrogen) atoms. The number of para-hydroxylation sites is 1. The number of nitrogens with zero attached hydrogens (tertiary/aromatic N) is 5. The first-order chi connectivity index (χ1) is 19.2. The first kappa shape index (κ1) is 26.1. The van der Waals surface area contributed by atoms with E-state index < -0.39 is 0 Å². The van der Waals surface area contributed by atoms with Gasteiger partial charge in [0.1, 0.15) is 5.69 Å². The Hall–Kier alpha value is -4.47. The summed E-state index contributed by atoms with van der Waals surface area (Å²) in [6.45, 7) is 1.08. The van der Waals surface area contributed by atoms with Crippen molar-refractivity contribution in [1.29, 1.82) is 0 Å². The Balaban J connectivity index is 1.63. The van der Waals surface area contributed by atoms with E-state index in [0.717, 1.165) is 38.6 Å². The van der Waals surface area contributed by atoms with Crippen molar-refractivity contribution in [2.24, 2.45) is 10.1 Å². The Labute approximate surface area is 231 Å². The van der Waals surface area contributed by atoms with Gasteiger partial charge in [-0.05, 0) is 30.3 Å². The maximum absolute atomic E-state index is 5.56. The molecule has 198 valence electrons. The fourth-order valence-electron chi connectivity index (χ4n) is 4.08. The third kappa shape index (κ3) is 5.84. The van der Waals surface area contributed by atoms with E-state index >= 15 is 0 Å². The minimum Gasteiger partial charge on any atom is -0.493 e. The van der Waals surface area contributed by atoms with Gasteiger partial charge in [0.2, 0.25) is 4.80 Å². The molecule has 0 saturated carbocycles. The molecule has 0 aliphatic heterocycles. The molecule has 0 amide bonds. The molecule has 9 heteroatoms. The van der Waals surface area contributed by atoms with Crippen molar-refractivity contribution < 1.29 is 14.2 Å². The minimum atomic E-state index is 0.537. The van der Waals surface area contributed by atoms with Gasteiger partial charge in [-0.25, -0.2) is 9.36 Å². The van der Waals surface area contributed by atoms with E-state index in [1.807, 2.05) is 88.5 Å². The SMILES string of the molecule is COCCN=c1scc(-c2ccccc2)n1N=Cc1cn(-c2ccccc2)nc1-c1ccc(OC)c(OC)c1. The average molecular weight is 540 g/mol. The molecule has 3 aromatic carbocycles. The molecule has 0 saturated heterocycles. The maximum atomic E-state index is 5.56. The van der Waals surface area contributed by atoms with Gasteiger partial charge in [0.25, 0.3) is 0 Å². The summed E-state index contributed by atoms with van der Waals surface area (Å²) in [5, 5.41) is 11.9. The van der Waals surface area contributed by atoms with Crippen molar-refractivity contribution in [3.8, 4) is 39.7 Å². The number of hydrogen-bond donors (Lipinski definition) is 0. The van der Waals surface area contributed by atoms with Gasteiger partial charge in [0, 0.05) is 35.4 Å². The Morgan fingerprint density at radius 1 is 0.872 bits per heavy atom. The lowest BCUT2D eigenvalue weighted by molar-refractivity contribution is 0.207. The summed E-state index contributed by atoms with van der Waals surface area (Å²) in [6, 6.07) is 25.9. The zero-order valence-electron chi connectivity index (χ0n) is 22.0. The highest BCUT2D eigenvalue weighted by atomic mass is 32.1. The fourth-order valence-corrected chi connectivity index (χ4v) is 4.95. The molecule has 0 N–H and O–H groups in total. The molecule has 0 radical (unpaired) electrons. The topological polar surface area (TPSA) is 75.2 Å². The monoisotopic (exact) mass is 539 g/mol. The summed E-state index contributed by atoms with van der Waals surface area (Å²) < 4.78 is 19.9. The summed E-state index contributed by atoms with van der Waals surface area (Å²) >= 11 is 1.54. The number of methoxy groups -OCH3 is 3.